The van der Waals surface area contributed by atoms with Crippen LogP contribution in [-0.2, 0) is 0 Å². The van der Waals surface area contributed by atoms with Gasteiger partial charge in [0.1, 0.15) is 0 Å². The van der Waals surface area contributed by atoms with Crippen molar-refractivity contribution in [1.82, 2.24) is 0 Å². The van der Waals surface area contributed by atoms with E-state index in [4.69, 9.17) is 17.3 Å². The van der Waals surface area contributed by atoms with E-state index < -0.39 is 0 Å². The second kappa shape index (κ2) is 4.60. The molecule has 0 fully saturated rings. The Balaban J connectivity index is 2.52. The summed E-state index contributed by atoms with van der Waals surface area (Å²) in [5.41, 5.74) is 8.19. The van der Waals surface area contributed by atoms with Crippen molar-refractivity contribution < 1.29 is 4.79 Å². The van der Waals surface area contributed by atoms with Crippen LogP contribution in [-0.4, -0.2) is 5.78 Å². The van der Waals surface area contributed by atoms with Crippen molar-refractivity contribution in [3.05, 3.63) is 64.2 Å². The predicted molar refractivity (Wildman–Crippen MR) is 70.5 cm³/mol. The fourth-order valence-electron chi connectivity index (χ4n) is 1.71. The van der Waals surface area contributed by atoms with Crippen LogP contribution in [0.15, 0.2) is 42.5 Å². The van der Waals surface area contributed by atoms with E-state index in [2.05, 4.69) is 0 Å². The molecular weight excluding hydrogens is 234 g/mol. The van der Waals surface area contributed by atoms with Gasteiger partial charge < -0.3 is 5.73 Å². The first-order valence-electron chi connectivity index (χ1n) is 5.25. The number of nitrogen functional groups attached to an aromatic ring is 1. The predicted octanol–water partition coefficient (Wildman–Crippen LogP) is 3.46. The molecule has 0 radical (unpaired) electrons. The molecule has 86 valence electrons. The molecule has 0 unspecified atom stereocenters. The first-order valence-corrected chi connectivity index (χ1v) is 5.63. The highest BCUT2D eigenvalue weighted by Crippen LogP contribution is 2.25. The summed E-state index contributed by atoms with van der Waals surface area (Å²) < 4.78 is 0. The number of anilines is 1. The minimum atomic E-state index is -0.0944. The molecule has 2 nitrogen and oxygen atoms in total. The molecule has 0 heterocycles. The third-order valence-electron chi connectivity index (χ3n) is 2.69. The first kappa shape index (κ1) is 11.7. The molecule has 0 saturated carbocycles. The monoisotopic (exact) mass is 245 g/mol. The lowest BCUT2D eigenvalue weighted by atomic mass is 9.98. The van der Waals surface area contributed by atoms with Crippen molar-refractivity contribution in [3.8, 4) is 0 Å². The van der Waals surface area contributed by atoms with Gasteiger partial charge in [0, 0.05) is 11.1 Å². The summed E-state index contributed by atoms with van der Waals surface area (Å²) in [4.78, 5) is 12.3. The van der Waals surface area contributed by atoms with Gasteiger partial charge in [-0.25, -0.2) is 0 Å². The Morgan fingerprint density at radius 1 is 1.06 bits per heavy atom. The average Bonchev–Trinajstić information content (AvgIpc) is 2.32. The molecule has 17 heavy (non-hydrogen) atoms. The lowest BCUT2D eigenvalue weighted by Crippen LogP contribution is -2.07. The fourth-order valence-corrected chi connectivity index (χ4v) is 1.88. The van der Waals surface area contributed by atoms with Crippen LogP contribution in [0.2, 0.25) is 5.02 Å². The van der Waals surface area contributed by atoms with Gasteiger partial charge in [-0.3, -0.25) is 4.79 Å². The van der Waals surface area contributed by atoms with E-state index in [1.807, 2.05) is 25.1 Å². The number of carbonyl (C=O) groups excluding carboxylic acids is 1. The van der Waals surface area contributed by atoms with Crippen molar-refractivity contribution >= 4 is 23.1 Å². The molecule has 2 aromatic rings. The number of hydrogen-bond donors (Lipinski definition) is 1. The van der Waals surface area contributed by atoms with Gasteiger partial charge in [0.05, 0.1) is 10.7 Å². The van der Waals surface area contributed by atoms with E-state index in [0.29, 0.717) is 21.8 Å². The lowest BCUT2D eigenvalue weighted by Gasteiger charge is -2.08. The van der Waals surface area contributed by atoms with Gasteiger partial charge in [0.2, 0.25) is 0 Å². The molecule has 0 aromatic heterocycles. The Hall–Kier alpha value is -1.80. The van der Waals surface area contributed by atoms with Crippen molar-refractivity contribution in [3.63, 3.8) is 0 Å². The molecule has 0 atom stereocenters. The highest BCUT2D eigenvalue weighted by Gasteiger charge is 2.15. The van der Waals surface area contributed by atoms with Gasteiger partial charge in [-0.1, -0.05) is 41.9 Å². The summed E-state index contributed by atoms with van der Waals surface area (Å²) in [6.07, 6.45) is 0. The van der Waals surface area contributed by atoms with E-state index in [1.54, 1.807) is 24.3 Å². The summed E-state index contributed by atoms with van der Waals surface area (Å²) in [5.74, 6) is -0.0944. The van der Waals surface area contributed by atoms with Gasteiger partial charge in [-0.05, 0) is 24.6 Å². The van der Waals surface area contributed by atoms with Gasteiger partial charge in [0.25, 0.3) is 0 Å². The number of hydrogen-bond acceptors (Lipinski definition) is 2. The molecule has 3 heteroatoms. The summed E-state index contributed by atoms with van der Waals surface area (Å²) in [6.45, 7) is 1.90. The zero-order valence-electron chi connectivity index (χ0n) is 9.41. The third-order valence-corrected chi connectivity index (χ3v) is 3.02. The smallest absolute Gasteiger partial charge is 0.195 e. The molecule has 2 aromatic carbocycles. The molecule has 0 aliphatic heterocycles. The lowest BCUT2D eigenvalue weighted by molar-refractivity contribution is 0.103. The molecule has 0 aliphatic carbocycles. The summed E-state index contributed by atoms with van der Waals surface area (Å²) in [5, 5.41) is 0.407. The van der Waals surface area contributed by atoms with Crippen LogP contribution in [0.5, 0.6) is 0 Å². The molecule has 0 bridgehead atoms. The number of carbonyl (C=O) groups is 1. The SMILES string of the molecule is Cc1ccccc1C(=O)c1cccc(Cl)c1N. The minimum absolute atomic E-state index is 0.0944. The largest absolute Gasteiger partial charge is 0.397 e. The van der Waals surface area contributed by atoms with Gasteiger partial charge in [-0.2, -0.15) is 0 Å². The first-order chi connectivity index (χ1) is 8.11. The standard InChI is InChI=1S/C14H12ClNO/c1-9-5-2-3-6-10(9)14(17)11-7-4-8-12(15)13(11)16/h2-8H,16H2,1H3. The van der Waals surface area contributed by atoms with Crippen LogP contribution in [0.3, 0.4) is 0 Å². The van der Waals surface area contributed by atoms with Crippen LogP contribution in [0, 0.1) is 6.92 Å². The van der Waals surface area contributed by atoms with Crippen molar-refractivity contribution in [1.29, 1.82) is 0 Å². The number of rotatable bonds is 2. The van der Waals surface area contributed by atoms with E-state index in [9.17, 15) is 4.79 Å². The van der Waals surface area contributed by atoms with Crippen LogP contribution >= 0.6 is 11.6 Å². The Kier molecular flexibility index (Phi) is 3.16. The number of halogens is 1. The maximum Gasteiger partial charge on any atom is 0.195 e. The molecule has 2 N–H and O–H groups in total. The number of para-hydroxylation sites is 1. The number of nitrogens with two attached hydrogens (primary N) is 1. The molecule has 0 amide bonds. The topological polar surface area (TPSA) is 43.1 Å². The van der Waals surface area contributed by atoms with Crippen LogP contribution < -0.4 is 5.73 Å². The van der Waals surface area contributed by atoms with Crippen LogP contribution in [0.25, 0.3) is 0 Å². The molecule has 2 rings (SSSR count). The maximum atomic E-state index is 12.3. The van der Waals surface area contributed by atoms with Crippen LogP contribution in [0.1, 0.15) is 21.5 Å². The number of benzene rings is 2. The van der Waals surface area contributed by atoms with E-state index in [-0.39, 0.29) is 5.78 Å². The zero-order valence-corrected chi connectivity index (χ0v) is 10.2. The van der Waals surface area contributed by atoms with Crippen molar-refractivity contribution in [2.45, 2.75) is 6.92 Å². The maximum absolute atomic E-state index is 12.3. The Bertz CT molecular complexity index is 578. The Morgan fingerprint density at radius 3 is 2.41 bits per heavy atom. The van der Waals surface area contributed by atoms with E-state index >= 15 is 0 Å². The number of ketones is 1. The fraction of sp³-hybridized carbons (Fsp3) is 0.0714. The van der Waals surface area contributed by atoms with Crippen molar-refractivity contribution in [2.24, 2.45) is 0 Å². The average molecular weight is 246 g/mol. The molecular formula is C14H12ClNO. The van der Waals surface area contributed by atoms with Gasteiger partial charge in [0.15, 0.2) is 5.78 Å². The summed E-state index contributed by atoms with van der Waals surface area (Å²) >= 11 is 5.91. The molecule has 0 spiro atoms. The molecule has 0 aliphatic rings. The van der Waals surface area contributed by atoms with E-state index in [0.717, 1.165) is 5.56 Å². The second-order valence-electron chi connectivity index (χ2n) is 3.85. The van der Waals surface area contributed by atoms with Gasteiger partial charge >= 0.3 is 0 Å². The number of aryl methyl sites for hydroxylation is 1. The highest BCUT2D eigenvalue weighted by molar-refractivity contribution is 6.34. The van der Waals surface area contributed by atoms with Gasteiger partial charge in [-0.15, -0.1) is 0 Å². The highest BCUT2D eigenvalue weighted by atomic mass is 35.5. The van der Waals surface area contributed by atoms with Crippen molar-refractivity contribution in [2.75, 3.05) is 5.73 Å². The summed E-state index contributed by atoms with van der Waals surface area (Å²) in [6, 6.07) is 12.5. The van der Waals surface area contributed by atoms with Crippen LogP contribution in [0.4, 0.5) is 5.69 Å². The normalized spacial score (nSPS) is 10.2. The minimum Gasteiger partial charge on any atom is -0.397 e. The second-order valence-corrected chi connectivity index (χ2v) is 4.25. The quantitative estimate of drug-likeness (QED) is 0.650. The van der Waals surface area contributed by atoms with E-state index in [1.165, 1.54) is 0 Å². The Labute approximate surface area is 105 Å². The Morgan fingerprint density at radius 2 is 1.71 bits per heavy atom. The summed E-state index contributed by atoms with van der Waals surface area (Å²) in [7, 11) is 0. The third kappa shape index (κ3) is 2.17. The zero-order chi connectivity index (χ0) is 12.4. The molecule has 0 saturated heterocycles.